The third kappa shape index (κ3) is 4.26. The van der Waals surface area contributed by atoms with Gasteiger partial charge < -0.3 is 15.6 Å². The van der Waals surface area contributed by atoms with E-state index in [0.717, 1.165) is 32.4 Å². The maximum atomic E-state index is 8.83. The van der Waals surface area contributed by atoms with Gasteiger partial charge in [-0.3, -0.25) is 9.58 Å². The number of ether oxygens (including phenoxy) is 1. The van der Waals surface area contributed by atoms with Gasteiger partial charge in [-0.1, -0.05) is 6.92 Å². The molecule has 21 heavy (non-hydrogen) atoms. The van der Waals surface area contributed by atoms with Crippen LogP contribution in [0.5, 0.6) is 0 Å². The van der Waals surface area contributed by atoms with E-state index in [-0.39, 0.29) is 24.8 Å². The third-order valence-corrected chi connectivity index (χ3v) is 4.26. The number of rotatable bonds is 7. The molecular weight excluding hydrogens is 268 g/mol. The number of nitrogens with zero attached hydrogens (tertiary/aromatic N) is 3. The van der Waals surface area contributed by atoms with E-state index in [2.05, 4.69) is 23.1 Å². The van der Waals surface area contributed by atoms with Crippen molar-refractivity contribution in [1.29, 1.82) is 0 Å². The molecule has 0 aliphatic carbocycles. The Kier molecular flexibility index (Phi) is 6.17. The van der Waals surface area contributed by atoms with Crippen LogP contribution in [-0.4, -0.2) is 58.2 Å². The van der Waals surface area contributed by atoms with Gasteiger partial charge in [0.25, 0.3) is 0 Å². The lowest BCUT2D eigenvalue weighted by atomic mass is 9.96. The standard InChI is InChI=1S/C15H28N4O2/c1-3-14(16)15(12-10-17-18(2)11-12)19-6-4-13(5-7-19)21-9-8-20/h10-11,13-15,20H,3-9,16H2,1-2H3. The number of piperidine rings is 1. The number of hydrogen-bond donors (Lipinski definition) is 2. The fraction of sp³-hybridized carbons (Fsp3) is 0.800. The highest BCUT2D eigenvalue weighted by atomic mass is 16.5. The van der Waals surface area contributed by atoms with Crippen molar-refractivity contribution in [3.05, 3.63) is 18.0 Å². The Bertz CT molecular complexity index is 416. The quantitative estimate of drug-likeness (QED) is 0.773. The number of likely N-dealkylation sites (tertiary alicyclic amines) is 1. The van der Waals surface area contributed by atoms with E-state index in [0.29, 0.717) is 6.61 Å². The second kappa shape index (κ2) is 7.89. The number of aromatic nitrogens is 2. The van der Waals surface area contributed by atoms with E-state index in [4.69, 9.17) is 15.6 Å². The highest BCUT2D eigenvalue weighted by molar-refractivity contribution is 5.13. The van der Waals surface area contributed by atoms with Gasteiger partial charge in [0, 0.05) is 37.9 Å². The molecule has 6 heteroatoms. The molecule has 0 amide bonds. The van der Waals surface area contributed by atoms with Crippen molar-refractivity contribution in [2.45, 2.75) is 44.4 Å². The van der Waals surface area contributed by atoms with Crippen molar-refractivity contribution < 1.29 is 9.84 Å². The molecule has 1 aliphatic rings. The lowest BCUT2D eigenvalue weighted by Gasteiger charge is -2.39. The molecule has 2 rings (SSSR count). The van der Waals surface area contributed by atoms with Crippen molar-refractivity contribution in [3.8, 4) is 0 Å². The summed E-state index contributed by atoms with van der Waals surface area (Å²) in [5, 5.41) is 13.1. The number of nitrogens with two attached hydrogens (primary N) is 1. The Morgan fingerprint density at radius 2 is 2.19 bits per heavy atom. The molecule has 0 bridgehead atoms. The van der Waals surface area contributed by atoms with Gasteiger partial charge >= 0.3 is 0 Å². The second-order valence-electron chi connectivity index (χ2n) is 5.79. The number of aliphatic hydroxyl groups is 1. The summed E-state index contributed by atoms with van der Waals surface area (Å²) in [6.45, 7) is 4.61. The van der Waals surface area contributed by atoms with E-state index in [1.54, 1.807) is 0 Å². The average Bonchev–Trinajstić information content (AvgIpc) is 2.92. The Balaban J connectivity index is 1.99. The fourth-order valence-electron chi connectivity index (χ4n) is 3.08. The average molecular weight is 296 g/mol. The zero-order valence-electron chi connectivity index (χ0n) is 13.1. The number of aliphatic hydroxyl groups excluding tert-OH is 1. The summed E-state index contributed by atoms with van der Waals surface area (Å²) >= 11 is 0. The molecule has 0 radical (unpaired) electrons. The summed E-state index contributed by atoms with van der Waals surface area (Å²) in [5.74, 6) is 0. The predicted octanol–water partition coefficient (Wildman–Crippen LogP) is 0.672. The summed E-state index contributed by atoms with van der Waals surface area (Å²) in [6, 6.07) is 0.339. The summed E-state index contributed by atoms with van der Waals surface area (Å²) in [7, 11) is 1.94. The zero-order chi connectivity index (χ0) is 15.2. The van der Waals surface area contributed by atoms with Gasteiger partial charge in [0.15, 0.2) is 0 Å². The molecule has 2 unspecified atom stereocenters. The van der Waals surface area contributed by atoms with Crippen molar-refractivity contribution in [3.63, 3.8) is 0 Å². The Morgan fingerprint density at radius 1 is 1.48 bits per heavy atom. The van der Waals surface area contributed by atoms with Gasteiger partial charge in [-0.2, -0.15) is 5.10 Å². The van der Waals surface area contributed by atoms with Crippen LogP contribution in [0.4, 0.5) is 0 Å². The monoisotopic (exact) mass is 296 g/mol. The van der Waals surface area contributed by atoms with Gasteiger partial charge in [-0.05, 0) is 19.3 Å². The van der Waals surface area contributed by atoms with Gasteiger partial charge in [0.1, 0.15) is 0 Å². The smallest absolute Gasteiger partial charge is 0.0701 e. The van der Waals surface area contributed by atoms with Crippen LogP contribution in [0.15, 0.2) is 12.4 Å². The maximum absolute atomic E-state index is 8.83. The topological polar surface area (TPSA) is 76.5 Å². The van der Waals surface area contributed by atoms with Crippen LogP contribution < -0.4 is 5.73 Å². The van der Waals surface area contributed by atoms with Crippen molar-refractivity contribution >= 4 is 0 Å². The second-order valence-corrected chi connectivity index (χ2v) is 5.79. The predicted molar refractivity (Wildman–Crippen MR) is 81.8 cm³/mol. The summed E-state index contributed by atoms with van der Waals surface area (Å²) in [5.41, 5.74) is 7.56. The molecule has 1 aliphatic heterocycles. The molecule has 0 saturated carbocycles. The van der Waals surface area contributed by atoms with E-state index >= 15 is 0 Å². The minimum atomic E-state index is 0.0965. The van der Waals surface area contributed by atoms with E-state index in [1.807, 2.05) is 17.9 Å². The van der Waals surface area contributed by atoms with Crippen LogP contribution in [0.25, 0.3) is 0 Å². The Morgan fingerprint density at radius 3 is 2.71 bits per heavy atom. The molecular formula is C15H28N4O2. The molecule has 2 atom stereocenters. The first-order valence-corrected chi connectivity index (χ1v) is 7.86. The first-order valence-electron chi connectivity index (χ1n) is 7.86. The highest BCUT2D eigenvalue weighted by Crippen LogP contribution is 2.28. The lowest BCUT2D eigenvalue weighted by molar-refractivity contribution is -0.0178. The van der Waals surface area contributed by atoms with Crippen molar-refractivity contribution in [2.24, 2.45) is 12.8 Å². The number of aryl methyl sites for hydroxylation is 1. The van der Waals surface area contributed by atoms with E-state index in [9.17, 15) is 0 Å². The van der Waals surface area contributed by atoms with Crippen molar-refractivity contribution in [2.75, 3.05) is 26.3 Å². The zero-order valence-corrected chi connectivity index (χ0v) is 13.1. The third-order valence-electron chi connectivity index (χ3n) is 4.26. The van der Waals surface area contributed by atoms with Crippen LogP contribution in [0, 0.1) is 0 Å². The highest BCUT2D eigenvalue weighted by Gasteiger charge is 2.30. The molecule has 1 saturated heterocycles. The Labute approximate surface area is 126 Å². The first kappa shape index (κ1) is 16.4. The van der Waals surface area contributed by atoms with Crippen LogP contribution >= 0.6 is 0 Å². The summed E-state index contributed by atoms with van der Waals surface area (Å²) in [6.07, 6.45) is 7.19. The van der Waals surface area contributed by atoms with Crippen LogP contribution in [0.1, 0.15) is 37.8 Å². The first-order chi connectivity index (χ1) is 10.2. The molecule has 2 heterocycles. The van der Waals surface area contributed by atoms with Crippen LogP contribution in [-0.2, 0) is 11.8 Å². The molecule has 0 spiro atoms. The molecule has 120 valence electrons. The van der Waals surface area contributed by atoms with Gasteiger partial charge in [0.05, 0.1) is 31.6 Å². The van der Waals surface area contributed by atoms with Crippen molar-refractivity contribution in [1.82, 2.24) is 14.7 Å². The van der Waals surface area contributed by atoms with E-state index < -0.39 is 0 Å². The normalized spacial score (nSPS) is 20.6. The van der Waals surface area contributed by atoms with Gasteiger partial charge in [-0.25, -0.2) is 0 Å². The summed E-state index contributed by atoms with van der Waals surface area (Å²) in [4.78, 5) is 2.45. The number of hydrogen-bond acceptors (Lipinski definition) is 5. The fourth-order valence-corrected chi connectivity index (χ4v) is 3.08. The maximum Gasteiger partial charge on any atom is 0.0701 e. The molecule has 0 aromatic carbocycles. The largest absolute Gasteiger partial charge is 0.394 e. The van der Waals surface area contributed by atoms with Crippen LogP contribution in [0.3, 0.4) is 0 Å². The molecule has 1 aromatic rings. The Hall–Kier alpha value is -0.950. The molecule has 3 N–H and O–H groups in total. The van der Waals surface area contributed by atoms with Crippen LogP contribution in [0.2, 0.25) is 0 Å². The van der Waals surface area contributed by atoms with Gasteiger partial charge in [0.2, 0.25) is 0 Å². The van der Waals surface area contributed by atoms with Gasteiger partial charge in [-0.15, -0.1) is 0 Å². The van der Waals surface area contributed by atoms with E-state index in [1.165, 1.54) is 5.56 Å². The SMILES string of the molecule is CCC(N)C(c1cnn(C)c1)N1CCC(OCCO)CC1. The minimum Gasteiger partial charge on any atom is -0.394 e. The minimum absolute atomic E-state index is 0.0965. The summed E-state index contributed by atoms with van der Waals surface area (Å²) < 4.78 is 7.47. The molecule has 1 aromatic heterocycles. The molecule has 1 fully saturated rings. The lowest BCUT2D eigenvalue weighted by Crippen LogP contribution is -2.46. The molecule has 6 nitrogen and oxygen atoms in total.